The maximum absolute atomic E-state index is 12.5. The SMILES string of the molecule is CCCCCCCCC(CCCCCCCC)(C(=O)O)C(OCC)(C(=O)O)S(=O)(=O)O. The molecule has 0 amide bonds. The summed E-state index contributed by atoms with van der Waals surface area (Å²) in [6.07, 6.45) is 9.41. The first-order valence-corrected chi connectivity index (χ1v) is 13.1. The van der Waals surface area contributed by atoms with Gasteiger partial charge < -0.3 is 14.9 Å². The molecule has 0 radical (unpaired) electrons. The third-order valence-corrected chi connectivity index (χ3v) is 7.36. The molecule has 1 atom stereocenters. The third kappa shape index (κ3) is 8.02. The normalized spacial score (nSPS) is 14.3. The van der Waals surface area contributed by atoms with Crippen molar-refractivity contribution in [1.82, 2.24) is 0 Å². The fourth-order valence-electron chi connectivity index (χ4n) is 4.26. The number of carbonyl (C=O) groups is 2. The molecule has 0 bridgehead atoms. The lowest BCUT2D eigenvalue weighted by molar-refractivity contribution is -0.186. The van der Waals surface area contributed by atoms with Gasteiger partial charge in [0.05, 0.1) is 0 Å². The van der Waals surface area contributed by atoms with Crippen LogP contribution in [-0.4, -0.2) is 46.7 Å². The van der Waals surface area contributed by atoms with Crippen LogP contribution in [0.4, 0.5) is 0 Å². The van der Waals surface area contributed by atoms with Crippen molar-refractivity contribution in [2.75, 3.05) is 6.61 Å². The highest BCUT2D eigenvalue weighted by atomic mass is 32.2. The molecule has 0 aliphatic rings. The van der Waals surface area contributed by atoms with Gasteiger partial charge in [-0.2, -0.15) is 8.42 Å². The highest BCUT2D eigenvalue weighted by Gasteiger charge is 2.70. The molecule has 0 saturated heterocycles. The standard InChI is InChI=1S/C22H42O8S/c1-4-7-9-11-13-15-17-21(19(23)24,18-16-14-12-10-8-5-2)22(20(25)26,30-6-3)31(27,28)29/h4-18H2,1-3H3,(H,23,24)(H,25,26)(H,27,28,29). The molecule has 0 spiro atoms. The Morgan fingerprint density at radius 3 is 1.39 bits per heavy atom. The Kier molecular flexibility index (Phi) is 14.2. The molecule has 0 fully saturated rings. The number of rotatable bonds is 20. The van der Waals surface area contributed by atoms with Crippen LogP contribution in [0.1, 0.15) is 111 Å². The van der Waals surface area contributed by atoms with E-state index < -0.39 is 32.4 Å². The summed E-state index contributed by atoms with van der Waals surface area (Å²) in [4.78, 5) is 21.5. The van der Waals surface area contributed by atoms with E-state index in [1.54, 1.807) is 0 Å². The van der Waals surface area contributed by atoms with Crippen LogP contribution < -0.4 is 0 Å². The second-order valence-electron chi connectivity index (χ2n) is 8.25. The monoisotopic (exact) mass is 466 g/mol. The van der Waals surface area contributed by atoms with Crippen molar-refractivity contribution in [3.05, 3.63) is 0 Å². The lowest BCUT2D eigenvalue weighted by Crippen LogP contribution is -2.64. The molecule has 0 rings (SSSR count). The maximum Gasteiger partial charge on any atom is 0.355 e. The van der Waals surface area contributed by atoms with Crippen LogP contribution in [0.2, 0.25) is 0 Å². The molecule has 3 N–H and O–H groups in total. The molecule has 9 heteroatoms. The predicted molar refractivity (Wildman–Crippen MR) is 120 cm³/mol. The topological polar surface area (TPSA) is 138 Å². The van der Waals surface area contributed by atoms with Gasteiger partial charge in [-0.1, -0.05) is 90.9 Å². The summed E-state index contributed by atoms with van der Waals surface area (Å²) >= 11 is 0. The van der Waals surface area contributed by atoms with Crippen molar-refractivity contribution in [2.24, 2.45) is 5.41 Å². The van der Waals surface area contributed by atoms with Gasteiger partial charge in [0.25, 0.3) is 0 Å². The van der Waals surface area contributed by atoms with E-state index in [2.05, 4.69) is 13.8 Å². The Balaban J connectivity index is 5.95. The first-order valence-electron chi connectivity index (χ1n) is 11.6. The van der Waals surface area contributed by atoms with Crippen molar-refractivity contribution in [3.8, 4) is 0 Å². The average molecular weight is 467 g/mol. The van der Waals surface area contributed by atoms with Gasteiger partial charge in [0.1, 0.15) is 5.41 Å². The van der Waals surface area contributed by atoms with Crippen LogP contribution in [-0.2, 0) is 24.4 Å². The zero-order chi connectivity index (χ0) is 24.0. The summed E-state index contributed by atoms with van der Waals surface area (Å²) in [6.45, 7) is 5.16. The third-order valence-electron chi connectivity index (χ3n) is 5.95. The first-order chi connectivity index (χ1) is 14.6. The van der Waals surface area contributed by atoms with Gasteiger partial charge in [0, 0.05) is 6.61 Å². The molecule has 1 unspecified atom stereocenters. The molecule has 31 heavy (non-hydrogen) atoms. The molecule has 184 valence electrons. The number of hydrogen-bond acceptors (Lipinski definition) is 5. The summed E-state index contributed by atoms with van der Waals surface area (Å²) < 4.78 is 39.9. The molecule has 0 aromatic rings. The van der Waals surface area contributed by atoms with E-state index in [0.717, 1.165) is 51.4 Å². The van der Waals surface area contributed by atoms with E-state index in [4.69, 9.17) is 4.74 Å². The lowest BCUT2D eigenvalue weighted by atomic mass is 9.72. The van der Waals surface area contributed by atoms with Gasteiger partial charge in [-0.3, -0.25) is 9.35 Å². The van der Waals surface area contributed by atoms with Crippen molar-refractivity contribution in [3.63, 3.8) is 0 Å². The summed E-state index contributed by atoms with van der Waals surface area (Å²) in [5, 5.41) is 20.1. The smallest absolute Gasteiger partial charge is 0.355 e. The maximum atomic E-state index is 12.5. The van der Waals surface area contributed by atoms with Crippen molar-refractivity contribution in [2.45, 2.75) is 116 Å². The average Bonchev–Trinajstić information content (AvgIpc) is 2.68. The molecular formula is C22H42O8S. The highest BCUT2D eigenvalue weighted by molar-refractivity contribution is 7.88. The predicted octanol–water partition coefficient (Wildman–Crippen LogP) is 5.26. The Bertz CT molecular complexity index is 615. The Morgan fingerprint density at radius 2 is 1.10 bits per heavy atom. The number of ether oxygens (including phenoxy) is 1. The minimum absolute atomic E-state index is 0.199. The van der Waals surface area contributed by atoms with Crippen molar-refractivity contribution >= 4 is 22.1 Å². The molecule has 8 nitrogen and oxygen atoms in total. The molecule has 0 aliphatic heterocycles. The van der Waals surface area contributed by atoms with Gasteiger partial charge >= 0.3 is 27.0 Å². The molecule has 0 heterocycles. The van der Waals surface area contributed by atoms with Crippen LogP contribution in [0.25, 0.3) is 0 Å². The second-order valence-corrected chi connectivity index (χ2v) is 9.78. The molecule has 0 saturated carbocycles. The molecular weight excluding hydrogens is 424 g/mol. The largest absolute Gasteiger partial charge is 0.481 e. The van der Waals surface area contributed by atoms with Crippen molar-refractivity contribution < 1.29 is 37.5 Å². The number of carboxylic acid groups (broad SMARTS) is 2. The Hall–Kier alpha value is -1.19. The van der Waals surface area contributed by atoms with Crippen LogP contribution in [0.3, 0.4) is 0 Å². The zero-order valence-corrected chi connectivity index (χ0v) is 20.2. The van der Waals surface area contributed by atoms with Gasteiger partial charge in [-0.25, -0.2) is 4.79 Å². The molecule has 0 aliphatic carbocycles. The summed E-state index contributed by atoms with van der Waals surface area (Å²) in [7, 11) is -5.40. The fourth-order valence-corrected chi connectivity index (χ4v) is 5.54. The van der Waals surface area contributed by atoms with Crippen molar-refractivity contribution in [1.29, 1.82) is 0 Å². The summed E-state index contributed by atoms with van der Waals surface area (Å²) in [5.41, 5.74) is -2.28. The fraction of sp³-hybridized carbons (Fsp3) is 0.909. The van der Waals surface area contributed by atoms with Gasteiger partial charge in [0.15, 0.2) is 0 Å². The van der Waals surface area contributed by atoms with E-state index in [1.807, 2.05) is 0 Å². The molecule has 0 aromatic carbocycles. The van der Waals surface area contributed by atoms with E-state index in [0.29, 0.717) is 25.7 Å². The highest BCUT2D eigenvalue weighted by Crippen LogP contribution is 2.48. The zero-order valence-electron chi connectivity index (χ0n) is 19.4. The Morgan fingerprint density at radius 1 is 0.710 bits per heavy atom. The number of unbranched alkanes of at least 4 members (excludes halogenated alkanes) is 10. The van der Waals surface area contributed by atoms with E-state index >= 15 is 0 Å². The molecule has 0 aromatic heterocycles. The minimum Gasteiger partial charge on any atom is -0.481 e. The quantitative estimate of drug-likeness (QED) is 0.163. The van der Waals surface area contributed by atoms with E-state index in [-0.39, 0.29) is 19.4 Å². The Labute approximate surface area is 187 Å². The van der Waals surface area contributed by atoms with Gasteiger partial charge in [0.2, 0.25) is 0 Å². The number of hydrogen-bond donors (Lipinski definition) is 3. The lowest BCUT2D eigenvalue weighted by Gasteiger charge is -2.42. The van der Waals surface area contributed by atoms with Gasteiger partial charge in [-0.15, -0.1) is 0 Å². The number of aliphatic carboxylic acids is 2. The van der Waals surface area contributed by atoms with Crippen LogP contribution in [0, 0.1) is 5.41 Å². The van der Waals surface area contributed by atoms with Crippen LogP contribution in [0.15, 0.2) is 0 Å². The van der Waals surface area contributed by atoms with Crippen LogP contribution in [0.5, 0.6) is 0 Å². The van der Waals surface area contributed by atoms with Crippen LogP contribution >= 0.6 is 0 Å². The summed E-state index contributed by atoms with van der Waals surface area (Å²) in [6, 6.07) is 0. The summed E-state index contributed by atoms with van der Waals surface area (Å²) in [5.74, 6) is -3.56. The number of carboxylic acids is 2. The second kappa shape index (κ2) is 14.8. The van der Waals surface area contributed by atoms with E-state index in [9.17, 15) is 32.8 Å². The first kappa shape index (κ1) is 29.8. The van der Waals surface area contributed by atoms with Gasteiger partial charge in [-0.05, 0) is 19.8 Å². The minimum atomic E-state index is -5.40. The van der Waals surface area contributed by atoms with E-state index in [1.165, 1.54) is 6.92 Å².